The molecule has 2 rings (SSSR count). The first-order valence-electron chi connectivity index (χ1n) is 8.09. The molecule has 1 aliphatic carbocycles. The van der Waals surface area contributed by atoms with Gasteiger partial charge < -0.3 is 10.0 Å². The second-order valence-corrected chi connectivity index (χ2v) is 6.29. The second-order valence-electron chi connectivity index (χ2n) is 6.29. The maximum atomic E-state index is 13.0. The zero-order chi connectivity index (χ0) is 16.1. The van der Waals surface area contributed by atoms with Gasteiger partial charge in [-0.1, -0.05) is 38.0 Å². The van der Waals surface area contributed by atoms with Crippen molar-refractivity contribution in [1.82, 2.24) is 4.90 Å². The lowest BCUT2D eigenvalue weighted by atomic mass is 9.84. The molecule has 2 unspecified atom stereocenters. The molecule has 0 aromatic heterocycles. The summed E-state index contributed by atoms with van der Waals surface area (Å²) >= 11 is 0. The van der Waals surface area contributed by atoms with E-state index in [-0.39, 0.29) is 24.9 Å². The first-order chi connectivity index (χ1) is 10.5. The number of hydrogen-bond acceptors (Lipinski definition) is 2. The topological polar surface area (TPSA) is 57.6 Å². The van der Waals surface area contributed by atoms with Gasteiger partial charge in [-0.25, -0.2) is 0 Å². The molecule has 1 aromatic rings. The van der Waals surface area contributed by atoms with Gasteiger partial charge in [0, 0.05) is 18.2 Å². The standard InChI is InChI=1S/C18H25NO3/c1-13-7-3-5-9-15(13)18(22)19(12-11-17(20)21)16-10-6-4-8-14(16)2/h3,5,7,9,14,16H,4,6,8,10-12H2,1-2H3,(H,20,21). The van der Waals surface area contributed by atoms with Crippen molar-refractivity contribution in [3.8, 4) is 0 Å². The van der Waals surface area contributed by atoms with Gasteiger partial charge in [0.1, 0.15) is 0 Å². The third-order valence-electron chi connectivity index (χ3n) is 4.67. The number of carboxylic acid groups (broad SMARTS) is 1. The second kappa shape index (κ2) is 7.43. The molecule has 1 amide bonds. The van der Waals surface area contributed by atoms with Crippen LogP contribution in [0.1, 0.15) is 54.9 Å². The number of aryl methyl sites for hydroxylation is 1. The molecule has 1 aromatic carbocycles. The minimum atomic E-state index is -0.856. The van der Waals surface area contributed by atoms with Crippen molar-refractivity contribution >= 4 is 11.9 Å². The molecule has 1 fully saturated rings. The van der Waals surface area contributed by atoms with Gasteiger partial charge in [0.05, 0.1) is 6.42 Å². The molecule has 120 valence electrons. The molecule has 2 atom stereocenters. The van der Waals surface area contributed by atoms with Crippen LogP contribution in [0.2, 0.25) is 0 Å². The fourth-order valence-electron chi connectivity index (χ4n) is 3.36. The first-order valence-corrected chi connectivity index (χ1v) is 8.09. The largest absolute Gasteiger partial charge is 0.481 e. The van der Waals surface area contributed by atoms with E-state index in [1.807, 2.05) is 31.2 Å². The van der Waals surface area contributed by atoms with E-state index in [2.05, 4.69) is 6.92 Å². The van der Waals surface area contributed by atoms with Crippen LogP contribution in [0.4, 0.5) is 0 Å². The van der Waals surface area contributed by atoms with Crippen LogP contribution in [0.5, 0.6) is 0 Å². The lowest BCUT2D eigenvalue weighted by molar-refractivity contribution is -0.137. The summed E-state index contributed by atoms with van der Waals surface area (Å²) in [6.45, 7) is 4.38. The highest BCUT2D eigenvalue weighted by atomic mass is 16.4. The molecule has 22 heavy (non-hydrogen) atoms. The van der Waals surface area contributed by atoms with Crippen molar-refractivity contribution in [1.29, 1.82) is 0 Å². The summed E-state index contributed by atoms with van der Waals surface area (Å²) in [5, 5.41) is 9.00. The molecule has 0 spiro atoms. The van der Waals surface area contributed by atoms with Crippen LogP contribution in [-0.2, 0) is 4.79 Å². The quantitative estimate of drug-likeness (QED) is 0.906. The van der Waals surface area contributed by atoms with Gasteiger partial charge in [-0.3, -0.25) is 9.59 Å². The molecule has 1 N–H and O–H groups in total. The molecule has 4 nitrogen and oxygen atoms in total. The van der Waals surface area contributed by atoms with Crippen molar-refractivity contribution in [3.05, 3.63) is 35.4 Å². The highest BCUT2D eigenvalue weighted by Gasteiger charge is 2.31. The molecule has 0 saturated heterocycles. The van der Waals surface area contributed by atoms with E-state index in [4.69, 9.17) is 5.11 Å². The zero-order valence-corrected chi connectivity index (χ0v) is 13.4. The number of hydrogen-bond donors (Lipinski definition) is 1. The Morgan fingerprint density at radius 1 is 1.23 bits per heavy atom. The number of amides is 1. The molecular formula is C18H25NO3. The third-order valence-corrected chi connectivity index (χ3v) is 4.67. The van der Waals surface area contributed by atoms with Crippen molar-refractivity contribution in [2.45, 2.75) is 52.0 Å². The van der Waals surface area contributed by atoms with Crippen molar-refractivity contribution in [3.63, 3.8) is 0 Å². The predicted molar refractivity (Wildman–Crippen MR) is 85.9 cm³/mol. The highest BCUT2D eigenvalue weighted by Crippen LogP contribution is 2.29. The minimum absolute atomic E-state index is 0.000835. The Kier molecular flexibility index (Phi) is 5.58. The van der Waals surface area contributed by atoms with Crippen LogP contribution in [0.3, 0.4) is 0 Å². The summed E-state index contributed by atoms with van der Waals surface area (Å²) in [5.41, 5.74) is 1.63. The maximum Gasteiger partial charge on any atom is 0.305 e. The number of nitrogens with zero attached hydrogens (tertiary/aromatic N) is 1. The minimum Gasteiger partial charge on any atom is -0.481 e. The summed E-state index contributed by atoms with van der Waals surface area (Å²) < 4.78 is 0. The van der Waals surface area contributed by atoms with Gasteiger partial charge in [-0.05, 0) is 37.3 Å². The zero-order valence-electron chi connectivity index (χ0n) is 13.4. The van der Waals surface area contributed by atoms with Crippen molar-refractivity contribution < 1.29 is 14.7 Å². The Hall–Kier alpha value is -1.84. The van der Waals surface area contributed by atoms with Crippen LogP contribution in [-0.4, -0.2) is 34.5 Å². The molecule has 0 heterocycles. The Morgan fingerprint density at radius 2 is 1.91 bits per heavy atom. The van der Waals surface area contributed by atoms with E-state index in [0.29, 0.717) is 11.5 Å². The van der Waals surface area contributed by atoms with E-state index < -0.39 is 5.97 Å². The van der Waals surface area contributed by atoms with Gasteiger partial charge in [0.25, 0.3) is 5.91 Å². The molecule has 0 aliphatic heterocycles. The van der Waals surface area contributed by atoms with E-state index in [9.17, 15) is 9.59 Å². The normalized spacial score (nSPS) is 21.4. The number of carboxylic acids is 1. The van der Waals surface area contributed by atoms with Gasteiger partial charge in [0.15, 0.2) is 0 Å². The number of carbonyl (C=O) groups is 2. The lowest BCUT2D eigenvalue weighted by Gasteiger charge is -2.38. The fraction of sp³-hybridized carbons (Fsp3) is 0.556. The summed E-state index contributed by atoms with van der Waals surface area (Å²) in [7, 11) is 0. The third kappa shape index (κ3) is 3.87. The SMILES string of the molecule is Cc1ccccc1C(=O)N(CCC(=O)O)C1CCCCC1C. The van der Waals surface area contributed by atoms with E-state index in [1.165, 1.54) is 6.42 Å². The molecule has 1 aliphatic rings. The smallest absolute Gasteiger partial charge is 0.305 e. The van der Waals surface area contributed by atoms with Crippen LogP contribution >= 0.6 is 0 Å². The summed E-state index contributed by atoms with van der Waals surface area (Å²) in [6, 6.07) is 7.68. The number of rotatable bonds is 5. The Bertz CT molecular complexity index is 541. The van der Waals surface area contributed by atoms with Crippen LogP contribution in [0.15, 0.2) is 24.3 Å². The summed E-state index contributed by atoms with van der Waals surface area (Å²) in [4.78, 5) is 25.7. The number of benzene rings is 1. The van der Waals surface area contributed by atoms with Crippen LogP contribution in [0, 0.1) is 12.8 Å². The Balaban J connectivity index is 2.24. The van der Waals surface area contributed by atoms with E-state index in [0.717, 1.165) is 24.8 Å². The number of carbonyl (C=O) groups excluding carboxylic acids is 1. The average Bonchev–Trinajstić information content (AvgIpc) is 2.49. The van der Waals surface area contributed by atoms with Crippen molar-refractivity contribution in [2.75, 3.05) is 6.54 Å². The van der Waals surface area contributed by atoms with Gasteiger partial charge in [-0.2, -0.15) is 0 Å². The van der Waals surface area contributed by atoms with E-state index >= 15 is 0 Å². The number of aliphatic carboxylic acids is 1. The molecule has 4 heteroatoms. The van der Waals surface area contributed by atoms with Crippen LogP contribution in [0.25, 0.3) is 0 Å². The predicted octanol–water partition coefficient (Wildman–Crippen LogP) is 3.49. The summed E-state index contributed by atoms with van der Waals surface area (Å²) in [5.74, 6) is -0.459. The fourth-order valence-corrected chi connectivity index (χ4v) is 3.36. The van der Waals surface area contributed by atoms with Crippen molar-refractivity contribution in [2.24, 2.45) is 5.92 Å². The maximum absolute atomic E-state index is 13.0. The van der Waals surface area contributed by atoms with Gasteiger partial charge in [0.2, 0.25) is 0 Å². The molecular weight excluding hydrogens is 278 g/mol. The Labute approximate surface area is 132 Å². The van der Waals surface area contributed by atoms with E-state index in [1.54, 1.807) is 4.90 Å². The highest BCUT2D eigenvalue weighted by molar-refractivity contribution is 5.96. The van der Waals surface area contributed by atoms with Gasteiger partial charge in [-0.15, -0.1) is 0 Å². The van der Waals surface area contributed by atoms with Crippen LogP contribution < -0.4 is 0 Å². The summed E-state index contributed by atoms with van der Waals surface area (Å²) in [6.07, 6.45) is 4.39. The first kappa shape index (κ1) is 16.5. The average molecular weight is 303 g/mol. The van der Waals surface area contributed by atoms with Gasteiger partial charge >= 0.3 is 5.97 Å². The Morgan fingerprint density at radius 3 is 2.55 bits per heavy atom. The molecule has 0 bridgehead atoms. The lowest BCUT2D eigenvalue weighted by Crippen LogP contribution is -2.46. The molecule has 0 radical (unpaired) electrons. The monoisotopic (exact) mass is 303 g/mol. The molecule has 1 saturated carbocycles.